The maximum atomic E-state index is 2.43. The number of hydrogen-bond acceptors (Lipinski definition) is 0. The molecule has 0 radical (unpaired) electrons. The highest BCUT2D eigenvalue weighted by molar-refractivity contribution is 6.29. The van der Waals surface area contributed by atoms with E-state index in [-0.39, 0.29) is 0 Å². The van der Waals surface area contributed by atoms with Crippen LogP contribution in [0.4, 0.5) is 0 Å². The quantitative estimate of drug-likeness (QED) is 0.162. The van der Waals surface area contributed by atoms with Crippen LogP contribution in [0.1, 0.15) is 0 Å². The van der Waals surface area contributed by atoms with Gasteiger partial charge in [0, 0.05) is 16.5 Å². The number of rotatable bonds is 3. The van der Waals surface area contributed by atoms with Gasteiger partial charge in [-0.2, -0.15) is 0 Å². The van der Waals surface area contributed by atoms with Gasteiger partial charge in [-0.1, -0.05) is 158 Å². The zero-order chi connectivity index (χ0) is 36.0. The molecule has 0 aliphatic rings. The zero-order valence-corrected chi connectivity index (χ0v) is 30.0. The SMILES string of the molecule is c1ccc(-n2c3ccccc3c3cc4c5ccccc5c5cc(-c6ccc(-c7ccc8ccc9ccccc9c8c7)c7ccccc67)ccc5c4cc32)cc1. The molecule has 0 fully saturated rings. The van der Waals surface area contributed by atoms with Crippen molar-refractivity contribution in [2.45, 2.75) is 0 Å². The fourth-order valence-electron chi connectivity index (χ4n) is 9.41. The van der Waals surface area contributed by atoms with Crippen LogP contribution in [0.15, 0.2) is 200 Å². The molecular weight excluding hydrogens is 663 g/mol. The largest absolute Gasteiger partial charge is 0.309 e. The Bertz CT molecular complexity index is 3530. The first-order valence-electron chi connectivity index (χ1n) is 19.1. The van der Waals surface area contributed by atoms with Gasteiger partial charge in [0.2, 0.25) is 0 Å². The van der Waals surface area contributed by atoms with E-state index < -0.39 is 0 Å². The van der Waals surface area contributed by atoms with Crippen molar-refractivity contribution in [2.24, 2.45) is 0 Å². The maximum Gasteiger partial charge on any atom is 0.0547 e. The van der Waals surface area contributed by atoms with E-state index in [0.29, 0.717) is 0 Å². The summed E-state index contributed by atoms with van der Waals surface area (Å²) >= 11 is 0. The molecule has 0 bridgehead atoms. The van der Waals surface area contributed by atoms with Crippen molar-refractivity contribution in [3.63, 3.8) is 0 Å². The van der Waals surface area contributed by atoms with Crippen LogP contribution >= 0.6 is 0 Å². The van der Waals surface area contributed by atoms with Crippen LogP contribution < -0.4 is 0 Å². The second-order valence-electron chi connectivity index (χ2n) is 14.8. The van der Waals surface area contributed by atoms with E-state index in [0.717, 1.165) is 0 Å². The average molecular weight is 696 g/mol. The summed E-state index contributed by atoms with van der Waals surface area (Å²) in [4.78, 5) is 0. The Morgan fingerprint density at radius 1 is 0.236 bits per heavy atom. The molecule has 254 valence electrons. The third kappa shape index (κ3) is 4.48. The molecule has 0 unspecified atom stereocenters. The molecule has 12 aromatic rings. The van der Waals surface area contributed by atoms with Gasteiger partial charge in [-0.05, 0) is 129 Å². The monoisotopic (exact) mass is 695 g/mol. The van der Waals surface area contributed by atoms with E-state index in [4.69, 9.17) is 0 Å². The Morgan fingerprint density at radius 2 is 0.727 bits per heavy atom. The molecule has 0 aliphatic carbocycles. The first kappa shape index (κ1) is 30.3. The molecular formula is C54H33N. The summed E-state index contributed by atoms with van der Waals surface area (Å²) in [6.45, 7) is 0. The molecule has 55 heavy (non-hydrogen) atoms. The second-order valence-corrected chi connectivity index (χ2v) is 14.8. The maximum absolute atomic E-state index is 2.43. The molecule has 1 nitrogen and oxygen atoms in total. The lowest BCUT2D eigenvalue weighted by Gasteiger charge is -2.16. The van der Waals surface area contributed by atoms with Gasteiger partial charge in [-0.25, -0.2) is 0 Å². The van der Waals surface area contributed by atoms with Gasteiger partial charge in [-0.3, -0.25) is 0 Å². The van der Waals surface area contributed by atoms with Crippen LogP contribution in [-0.4, -0.2) is 4.57 Å². The van der Waals surface area contributed by atoms with E-state index in [2.05, 4.69) is 205 Å². The van der Waals surface area contributed by atoms with Crippen molar-refractivity contribution >= 4 is 86.4 Å². The lowest BCUT2D eigenvalue weighted by atomic mass is 9.88. The minimum atomic E-state index is 1.17. The average Bonchev–Trinajstić information content (AvgIpc) is 3.58. The molecule has 0 N–H and O–H groups in total. The molecule has 0 saturated carbocycles. The Labute approximate surface area is 317 Å². The number of benzene rings is 11. The summed E-state index contributed by atoms with van der Waals surface area (Å²) in [5, 5.41) is 17.9. The van der Waals surface area contributed by atoms with Crippen molar-refractivity contribution in [1.29, 1.82) is 0 Å². The van der Waals surface area contributed by atoms with Gasteiger partial charge in [0.15, 0.2) is 0 Å². The second kappa shape index (κ2) is 11.6. The Balaban J connectivity index is 1.09. The fourth-order valence-corrected chi connectivity index (χ4v) is 9.41. The third-order valence-corrected chi connectivity index (χ3v) is 11.9. The first-order valence-corrected chi connectivity index (χ1v) is 19.1. The van der Waals surface area contributed by atoms with Crippen LogP contribution in [0, 0.1) is 0 Å². The molecule has 0 amide bonds. The molecule has 11 aromatic carbocycles. The van der Waals surface area contributed by atoms with Crippen molar-refractivity contribution in [2.75, 3.05) is 0 Å². The third-order valence-electron chi connectivity index (χ3n) is 11.9. The topological polar surface area (TPSA) is 4.93 Å². The standard InChI is InChI=1S/C54H33N/c1-2-13-38(14-3-1)55-53-21-11-10-20-47(53)52-32-50-45-19-9-8-18-44(45)49-31-37(26-27-46(49)51(50)33-54(52)55)41-29-28-40(42-16-6-7-17-43(41)42)36-25-24-35-23-22-34-12-4-5-15-39(34)48(35)30-36/h1-33H. The highest BCUT2D eigenvalue weighted by Gasteiger charge is 2.18. The number of nitrogens with zero attached hydrogens (tertiary/aromatic N) is 1. The minimum absolute atomic E-state index is 1.17. The Morgan fingerprint density at radius 3 is 1.45 bits per heavy atom. The summed E-state index contributed by atoms with van der Waals surface area (Å²) in [5.41, 5.74) is 8.59. The Hall–Kier alpha value is -7.22. The van der Waals surface area contributed by atoms with Crippen molar-refractivity contribution in [3.05, 3.63) is 200 Å². The van der Waals surface area contributed by atoms with Gasteiger partial charge in [-0.15, -0.1) is 0 Å². The predicted octanol–water partition coefficient (Wildman–Crippen LogP) is 15.0. The van der Waals surface area contributed by atoms with Gasteiger partial charge in [0.1, 0.15) is 0 Å². The highest BCUT2D eigenvalue weighted by Crippen LogP contribution is 2.43. The molecule has 12 rings (SSSR count). The van der Waals surface area contributed by atoms with Gasteiger partial charge in [0.25, 0.3) is 0 Å². The van der Waals surface area contributed by atoms with Crippen molar-refractivity contribution in [3.8, 4) is 27.9 Å². The number of hydrogen-bond donors (Lipinski definition) is 0. The number of para-hydroxylation sites is 2. The number of aromatic nitrogens is 1. The normalized spacial score (nSPS) is 12.0. The molecule has 0 aliphatic heterocycles. The van der Waals surface area contributed by atoms with Crippen LogP contribution in [0.25, 0.3) is 114 Å². The lowest BCUT2D eigenvalue weighted by molar-refractivity contribution is 1.18. The molecule has 0 spiro atoms. The molecule has 1 heteroatoms. The highest BCUT2D eigenvalue weighted by atomic mass is 15.0. The zero-order valence-electron chi connectivity index (χ0n) is 30.0. The van der Waals surface area contributed by atoms with E-state index in [1.807, 2.05) is 0 Å². The van der Waals surface area contributed by atoms with E-state index in [9.17, 15) is 0 Å². The molecule has 0 atom stereocenters. The van der Waals surface area contributed by atoms with Gasteiger partial charge < -0.3 is 4.57 Å². The first-order chi connectivity index (χ1) is 27.3. The van der Waals surface area contributed by atoms with E-state index in [1.54, 1.807) is 0 Å². The van der Waals surface area contributed by atoms with Gasteiger partial charge in [0.05, 0.1) is 11.0 Å². The summed E-state index contributed by atoms with van der Waals surface area (Å²) in [7, 11) is 0. The summed E-state index contributed by atoms with van der Waals surface area (Å²) in [6.07, 6.45) is 0. The van der Waals surface area contributed by atoms with Crippen LogP contribution in [0.3, 0.4) is 0 Å². The summed E-state index contributed by atoms with van der Waals surface area (Å²) in [6, 6.07) is 74.1. The van der Waals surface area contributed by atoms with Gasteiger partial charge >= 0.3 is 0 Å². The molecule has 1 heterocycles. The smallest absolute Gasteiger partial charge is 0.0547 e. The van der Waals surface area contributed by atoms with Crippen molar-refractivity contribution in [1.82, 2.24) is 4.57 Å². The molecule has 0 saturated heterocycles. The number of fused-ring (bicyclic) bond motifs is 13. The van der Waals surface area contributed by atoms with E-state index >= 15 is 0 Å². The van der Waals surface area contributed by atoms with Crippen LogP contribution in [-0.2, 0) is 0 Å². The predicted molar refractivity (Wildman–Crippen MR) is 237 cm³/mol. The van der Waals surface area contributed by atoms with Crippen molar-refractivity contribution < 1.29 is 0 Å². The van der Waals surface area contributed by atoms with Crippen LogP contribution in [0.5, 0.6) is 0 Å². The fraction of sp³-hybridized carbons (Fsp3) is 0. The molecule has 1 aromatic heterocycles. The Kier molecular flexibility index (Phi) is 6.40. The summed E-state index contributed by atoms with van der Waals surface area (Å²) in [5.74, 6) is 0. The van der Waals surface area contributed by atoms with Crippen LogP contribution in [0.2, 0.25) is 0 Å². The minimum Gasteiger partial charge on any atom is -0.309 e. The summed E-state index contributed by atoms with van der Waals surface area (Å²) < 4.78 is 2.42. The van der Waals surface area contributed by atoms with E-state index in [1.165, 1.54) is 114 Å². The lowest BCUT2D eigenvalue weighted by Crippen LogP contribution is -1.93.